The number of hydrogen-bond donors (Lipinski definition) is 2. The van der Waals surface area contributed by atoms with Crippen molar-refractivity contribution < 1.29 is 55.5 Å². The quantitative estimate of drug-likeness (QED) is 0.393. The molecule has 0 aromatic rings. The van der Waals surface area contributed by atoms with Crippen LogP contribution in [0.25, 0.3) is 0 Å². The van der Waals surface area contributed by atoms with Crippen LogP contribution in [0.5, 0.6) is 0 Å². The van der Waals surface area contributed by atoms with Crippen LogP contribution >= 0.6 is 0 Å². The van der Waals surface area contributed by atoms with E-state index in [0.717, 1.165) is 26.4 Å². The van der Waals surface area contributed by atoms with E-state index in [2.05, 4.69) is 0 Å². The van der Waals surface area contributed by atoms with E-state index in [1.165, 1.54) is 0 Å². The fourth-order valence-electron chi connectivity index (χ4n) is 0.440. The van der Waals surface area contributed by atoms with Gasteiger partial charge in [-0.15, -0.1) is 0 Å². The maximum absolute atomic E-state index is 8.56. The third-order valence-electron chi connectivity index (χ3n) is 0.744. The summed E-state index contributed by atoms with van der Waals surface area (Å²) in [6.07, 6.45) is -1.83. The van der Waals surface area contributed by atoms with E-state index in [4.69, 9.17) is 24.5 Å². The second kappa shape index (κ2) is 10.2. The van der Waals surface area contributed by atoms with E-state index < -0.39 is 6.16 Å². The van der Waals surface area contributed by atoms with Gasteiger partial charge in [-0.2, -0.15) is 0 Å². The van der Waals surface area contributed by atoms with Crippen molar-refractivity contribution in [2.24, 2.45) is 0 Å². The molecule has 1 rings (SSSR count). The molecular weight excluding hydrogens is 163 g/mol. The zero-order chi connectivity index (χ0) is 7.82. The molecule has 0 atom stereocenters. The molecule has 5 nitrogen and oxygen atoms in total. The molecule has 0 saturated carbocycles. The van der Waals surface area contributed by atoms with Crippen LogP contribution in [0, 0.1) is 0 Å². The Morgan fingerprint density at radius 1 is 1.09 bits per heavy atom. The minimum absolute atomic E-state index is 0. The van der Waals surface area contributed by atoms with Crippen LogP contribution in [0.15, 0.2) is 0 Å². The first-order chi connectivity index (χ1) is 4.73. The average molecular weight is 174 g/mol. The van der Waals surface area contributed by atoms with Gasteiger partial charge in [0.05, 0.1) is 26.4 Å². The van der Waals surface area contributed by atoms with Crippen molar-refractivity contribution in [1.82, 2.24) is 0 Å². The van der Waals surface area contributed by atoms with Gasteiger partial charge in [-0.25, -0.2) is 4.79 Å². The second-order valence-corrected chi connectivity index (χ2v) is 1.51. The number of carbonyl (C=O) groups is 1. The average Bonchev–Trinajstić information content (AvgIpc) is 1.90. The number of rotatable bonds is 0. The first-order valence-corrected chi connectivity index (χ1v) is 2.81. The molecule has 0 aliphatic carbocycles. The predicted molar refractivity (Wildman–Crippen MR) is 33.4 cm³/mol. The Balaban J connectivity index is -0.000000124. The maximum Gasteiger partial charge on any atom is 1.00 e. The van der Waals surface area contributed by atoms with E-state index >= 15 is 0 Å². The molecular formula is C5H11NaO5. The summed E-state index contributed by atoms with van der Waals surface area (Å²) in [6.45, 7) is 3.11. The van der Waals surface area contributed by atoms with Crippen molar-refractivity contribution in [2.45, 2.75) is 0 Å². The molecule has 0 spiro atoms. The molecule has 0 unspecified atom stereocenters. The van der Waals surface area contributed by atoms with E-state index in [9.17, 15) is 0 Å². The summed E-state index contributed by atoms with van der Waals surface area (Å²) in [5.41, 5.74) is 0. The van der Waals surface area contributed by atoms with Crippen molar-refractivity contribution in [1.29, 1.82) is 0 Å². The predicted octanol–water partition coefficient (Wildman–Crippen LogP) is -2.63. The van der Waals surface area contributed by atoms with Gasteiger partial charge in [0.25, 0.3) is 0 Å². The molecule has 0 bridgehead atoms. The molecule has 1 aliphatic rings. The third-order valence-corrected chi connectivity index (χ3v) is 0.744. The molecule has 2 N–H and O–H groups in total. The summed E-state index contributed by atoms with van der Waals surface area (Å²) >= 11 is 0. The van der Waals surface area contributed by atoms with Gasteiger partial charge in [0.15, 0.2) is 0 Å². The first kappa shape index (κ1) is 13.8. The van der Waals surface area contributed by atoms with Gasteiger partial charge in [0.1, 0.15) is 0 Å². The second-order valence-electron chi connectivity index (χ2n) is 1.51. The van der Waals surface area contributed by atoms with Crippen molar-refractivity contribution in [2.75, 3.05) is 26.4 Å². The van der Waals surface area contributed by atoms with Gasteiger partial charge in [0.2, 0.25) is 0 Å². The van der Waals surface area contributed by atoms with Crippen molar-refractivity contribution in [3.63, 3.8) is 0 Å². The smallest absolute Gasteiger partial charge is 1.00 e. The van der Waals surface area contributed by atoms with Crippen LogP contribution in [0.4, 0.5) is 4.79 Å². The van der Waals surface area contributed by atoms with Crippen LogP contribution in [-0.2, 0) is 9.47 Å². The topological polar surface area (TPSA) is 76.0 Å². The van der Waals surface area contributed by atoms with Gasteiger partial charge < -0.3 is 21.1 Å². The first-order valence-electron chi connectivity index (χ1n) is 2.81. The largest absolute Gasteiger partial charge is 1.00 e. The summed E-state index contributed by atoms with van der Waals surface area (Å²) in [6, 6.07) is 0. The van der Waals surface area contributed by atoms with Crippen LogP contribution in [0.2, 0.25) is 0 Å². The molecule has 1 saturated heterocycles. The zero-order valence-electron chi connectivity index (χ0n) is 7.45. The minimum atomic E-state index is -1.83. The molecule has 1 heterocycles. The van der Waals surface area contributed by atoms with E-state index in [1.54, 1.807) is 0 Å². The summed E-state index contributed by atoms with van der Waals surface area (Å²) in [4.78, 5) is 8.56. The molecule has 6 heteroatoms. The Bertz CT molecular complexity index is 82.3. The Labute approximate surface area is 88.1 Å². The third kappa shape index (κ3) is 17.8. The van der Waals surface area contributed by atoms with E-state index in [-0.39, 0.29) is 31.0 Å². The Morgan fingerprint density at radius 2 is 1.27 bits per heavy atom. The molecule has 0 aromatic heterocycles. The number of ether oxygens (including phenoxy) is 2. The summed E-state index contributed by atoms with van der Waals surface area (Å²) in [7, 11) is 0. The maximum atomic E-state index is 8.56. The van der Waals surface area contributed by atoms with Crippen LogP contribution in [0.3, 0.4) is 0 Å². The molecule has 1 aliphatic heterocycles. The van der Waals surface area contributed by atoms with Gasteiger partial charge in [-0.1, -0.05) is 0 Å². The van der Waals surface area contributed by atoms with Crippen molar-refractivity contribution in [3.05, 3.63) is 0 Å². The fraction of sp³-hybridized carbons (Fsp3) is 0.800. The number of hydrogen-bond acceptors (Lipinski definition) is 3. The monoisotopic (exact) mass is 174 g/mol. The normalized spacial score (nSPS) is 15.3. The fourth-order valence-corrected chi connectivity index (χ4v) is 0.440. The van der Waals surface area contributed by atoms with Crippen molar-refractivity contribution >= 4 is 6.16 Å². The summed E-state index contributed by atoms with van der Waals surface area (Å²) in [5, 5.41) is 13.9. The van der Waals surface area contributed by atoms with Gasteiger partial charge in [-0.3, -0.25) is 0 Å². The summed E-state index contributed by atoms with van der Waals surface area (Å²) in [5.74, 6) is 0. The Kier molecular flexibility index (Phi) is 12.7. The SMILES string of the molecule is C1COCCO1.O=C(O)O.[H-].[Na+]. The molecule has 0 amide bonds. The molecule has 1 fully saturated rings. The van der Waals surface area contributed by atoms with Crippen LogP contribution in [-0.4, -0.2) is 42.8 Å². The van der Waals surface area contributed by atoms with E-state index in [0.29, 0.717) is 0 Å². The Hall–Kier alpha value is 0.190. The molecule has 0 radical (unpaired) electrons. The van der Waals surface area contributed by atoms with Crippen LogP contribution in [0.1, 0.15) is 1.43 Å². The Morgan fingerprint density at radius 3 is 1.36 bits per heavy atom. The van der Waals surface area contributed by atoms with Crippen LogP contribution < -0.4 is 29.6 Å². The van der Waals surface area contributed by atoms with Crippen molar-refractivity contribution in [3.8, 4) is 0 Å². The molecule has 62 valence electrons. The van der Waals surface area contributed by atoms with Gasteiger partial charge >= 0.3 is 35.7 Å². The van der Waals surface area contributed by atoms with Gasteiger partial charge in [0, 0.05) is 0 Å². The molecule has 11 heavy (non-hydrogen) atoms. The zero-order valence-corrected chi connectivity index (χ0v) is 8.45. The number of carboxylic acid groups (broad SMARTS) is 2. The van der Waals surface area contributed by atoms with E-state index in [1.807, 2.05) is 0 Å². The summed E-state index contributed by atoms with van der Waals surface area (Å²) < 4.78 is 9.89. The minimum Gasteiger partial charge on any atom is -1.00 e. The van der Waals surface area contributed by atoms with Gasteiger partial charge in [-0.05, 0) is 0 Å². The molecule has 0 aromatic carbocycles. The standard InChI is InChI=1S/C4H8O2.CH2O3.Na.H/c1-2-6-4-3-5-1;2-1(3)4;;/h1-4H2;(H2,2,3,4);;/q;;+1;-1.